The fourth-order valence-electron chi connectivity index (χ4n) is 2.33. The Morgan fingerprint density at radius 3 is 2.31 bits per heavy atom. The van der Waals surface area contributed by atoms with Crippen LogP contribution in [0, 0.1) is 0 Å². The number of urea groups is 1. The first-order valence-electron chi connectivity index (χ1n) is 6.07. The summed E-state index contributed by atoms with van der Waals surface area (Å²) in [5, 5.41) is 3.12. The van der Waals surface area contributed by atoms with Crippen LogP contribution in [0.3, 0.4) is 0 Å². The monoisotopic (exact) mass is 226 g/mol. The van der Waals surface area contributed by atoms with Gasteiger partial charge in [-0.2, -0.15) is 0 Å². The van der Waals surface area contributed by atoms with E-state index in [4.69, 9.17) is 0 Å². The SMILES string of the molecule is CN1CCN(C(=O)N[C@@H]2CCN(C)C2)CC1. The lowest BCUT2D eigenvalue weighted by atomic mass is 10.2. The number of piperazine rings is 1. The zero-order valence-corrected chi connectivity index (χ0v) is 10.3. The summed E-state index contributed by atoms with van der Waals surface area (Å²) in [6, 6.07) is 0.463. The van der Waals surface area contributed by atoms with Crippen molar-refractivity contribution in [1.82, 2.24) is 20.0 Å². The van der Waals surface area contributed by atoms with Crippen molar-refractivity contribution in [3.05, 3.63) is 0 Å². The Labute approximate surface area is 97.4 Å². The molecular weight excluding hydrogens is 204 g/mol. The summed E-state index contributed by atoms with van der Waals surface area (Å²) in [5.74, 6) is 0. The standard InChI is InChI=1S/C11H22N4O/c1-13-5-7-15(8-6-13)11(16)12-10-3-4-14(2)9-10/h10H,3-9H2,1-2H3,(H,12,16)/t10-/m1/s1. The van der Waals surface area contributed by atoms with E-state index >= 15 is 0 Å². The summed E-state index contributed by atoms with van der Waals surface area (Å²) < 4.78 is 0. The number of amides is 2. The van der Waals surface area contributed by atoms with Gasteiger partial charge in [-0.3, -0.25) is 0 Å². The fraction of sp³-hybridized carbons (Fsp3) is 0.909. The molecule has 2 aliphatic rings. The molecule has 16 heavy (non-hydrogen) atoms. The van der Waals surface area contributed by atoms with E-state index in [1.54, 1.807) is 0 Å². The molecule has 1 atom stereocenters. The van der Waals surface area contributed by atoms with Crippen LogP contribution in [0.15, 0.2) is 0 Å². The molecule has 2 heterocycles. The molecule has 0 aliphatic carbocycles. The van der Waals surface area contributed by atoms with Crippen LogP contribution in [-0.4, -0.2) is 80.1 Å². The second-order valence-corrected chi connectivity index (χ2v) is 4.99. The van der Waals surface area contributed by atoms with Crippen molar-refractivity contribution < 1.29 is 4.79 Å². The van der Waals surface area contributed by atoms with Crippen molar-refractivity contribution in [3.8, 4) is 0 Å². The van der Waals surface area contributed by atoms with Gasteiger partial charge in [-0.1, -0.05) is 0 Å². The minimum atomic E-state index is 0.119. The van der Waals surface area contributed by atoms with Gasteiger partial charge in [0.15, 0.2) is 0 Å². The number of hydrogen-bond acceptors (Lipinski definition) is 3. The molecule has 1 N–H and O–H groups in total. The van der Waals surface area contributed by atoms with Gasteiger partial charge in [0.2, 0.25) is 0 Å². The predicted octanol–water partition coefficient (Wildman–Crippen LogP) is -0.352. The summed E-state index contributed by atoms with van der Waals surface area (Å²) in [6.45, 7) is 5.75. The van der Waals surface area contributed by atoms with Crippen molar-refractivity contribution in [2.24, 2.45) is 0 Å². The van der Waals surface area contributed by atoms with Crippen molar-refractivity contribution in [1.29, 1.82) is 0 Å². The minimum absolute atomic E-state index is 0.119. The molecule has 0 aromatic carbocycles. The summed E-state index contributed by atoms with van der Waals surface area (Å²) in [5.41, 5.74) is 0. The molecule has 0 bridgehead atoms. The summed E-state index contributed by atoms with van der Waals surface area (Å²) in [6.07, 6.45) is 1.08. The average molecular weight is 226 g/mol. The van der Waals surface area contributed by atoms with E-state index in [1.807, 2.05) is 4.90 Å². The van der Waals surface area contributed by atoms with E-state index in [0.29, 0.717) is 6.04 Å². The summed E-state index contributed by atoms with van der Waals surface area (Å²) in [7, 11) is 4.20. The number of likely N-dealkylation sites (tertiary alicyclic amines) is 1. The van der Waals surface area contributed by atoms with Gasteiger partial charge in [0.25, 0.3) is 0 Å². The third kappa shape index (κ3) is 2.86. The molecule has 0 unspecified atom stereocenters. The van der Waals surface area contributed by atoms with E-state index in [-0.39, 0.29) is 6.03 Å². The van der Waals surface area contributed by atoms with Gasteiger partial charge in [0.1, 0.15) is 0 Å². The number of hydrogen-bond donors (Lipinski definition) is 1. The lowest BCUT2D eigenvalue weighted by Gasteiger charge is -2.33. The van der Waals surface area contributed by atoms with E-state index < -0.39 is 0 Å². The number of carbonyl (C=O) groups excluding carboxylic acids is 1. The number of carbonyl (C=O) groups is 1. The van der Waals surface area contributed by atoms with Gasteiger partial charge in [0.05, 0.1) is 0 Å². The van der Waals surface area contributed by atoms with E-state index in [9.17, 15) is 4.79 Å². The Kier molecular flexibility index (Phi) is 3.66. The highest BCUT2D eigenvalue weighted by molar-refractivity contribution is 5.74. The molecule has 2 saturated heterocycles. The molecule has 5 heteroatoms. The second kappa shape index (κ2) is 5.01. The van der Waals surface area contributed by atoms with Gasteiger partial charge < -0.3 is 20.0 Å². The highest BCUT2D eigenvalue weighted by Gasteiger charge is 2.24. The smallest absolute Gasteiger partial charge is 0.317 e. The van der Waals surface area contributed by atoms with E-state index in [2.05, 4.69) is 29.2 Å². The van der Waals surface area contributed by atoms with Gasteiger partial charge in [-0.15, -0.1) is 0 Å². The highest BCUT2D eigenvalue weighted by Crippen LogP contribution is 2.07. The molecule has 2 rings (SSSR count). The van der Waals surface area contributed by atoms with Crippen LogP contribution in [0.2, 0.25) is 0 Å². The van der Waals surface area contributed by atoms with Crippen molar-refractivity contribution in [2.75, 3.05) is 53.4 Å². The molecule has 0 saturated carbocycles. The van der Waals surface area contributed by atoms with Crippen molar-refractivity contribution in [2.45, 2.75) is 12.5 Å². The largest absolute Gasteiger partial charge is 0.334 e. The van der Waals surface area contributed by atoms with Crippen LogP contribution in [0.1, 0.15) is 6.42 Å². The maximum Gasteiger partial charge on any atom is 0.317 e. The molecule has 0 aromatic rings. The van der Waals surface area contributed by atoms with Crippen LogP contribution >= 0.6 is 0 Å². The van der Waals surface area contributed by atoms with Crippen LogP contribution < -0.4 is 5.32 Å². The van der Waals surface area contributed by atoms with Crippen LogP contribution in [0.5, 0.6) is 0 Å². The minimum Gasteiger partial charge on any atom is -0.334 e. The quantitative estimate of drug-likeness (QED) is 0.664. The molecule has 2 amide bonds. The molecule has 2 aliphatic heterocycles. The Morgan fingerprint density at radius 2 is 1.75 bits per heavy atom. The Hall–Kier alpha value is -0.810. The molecular formula is C11H22N4O. The fourth-order valence-corrected chi connectivity index (χ4v) is 2.33. The first-order valence-corrected chi connectivity index (χ1v) is 6.07. The third-order valence-corrected chi connectivity index (χ3v) is 3.51. The number of nitrogens with one attached hydrogen (secondary N) is 1. The summed E-state index contributed by atoms with van der Waals surface area (Å²) >= 11 is 0. The third-order valence-electron chi connectivity index (χ3n) is 3.51. The van der Waals surface area contributed by atoms with Crippen LogP contribution in [0.4, 0.5) is 4.79 Å². The number of rotatable bonds is 1. The van der Waals surface area contributed by atoms with E-state index in [0.717, 1.165) is 45.7 Å². The normalized spacial score (nSPS) is 28.4. The Balaban J connectivity index is 1.75. The average Bonchev–Trinajstić information content (AvgIpc) is 2.65. The van der Waals surface area contributed by atoms with Crippen LogP contribution in [-0.2, 0) is 0 Å². The maximum absolute atomic E-state index is 11.9. The summed E-state index contributed by atoms with van der Waals surface area (Å²) in [4.78, 5) is 18.4. The molecule has 0 spiro atoms. The number of nitrogens with zero attached hydrogens (tertiary/aromatic N) is 3. The zero-order chi connectivity index (χ0) is 11.5. The molecule has 5 nitrogen and oxygen atoms in total. The zero-order valence-electron chi connectivity index (χ0n) is 10.3. The molecule has 0 radical (unpaired) electrons. The molecule has 0 aromatic heterocycles. The second-order valence-electron chi connectivity index (χ2n) is 4.99. The van der Waals surface area contributed by atoms with Crippen molar-refractivity contribution in [3.63, 3.8) is 0 Å². The lowest BCUT2D eigenvalue weighted by molar-refractivity contribution is 0.152. The number of likely N-dealkylation sites (N-methyl/N-ethyl adjacent to an activating group) is 2. The van der Waals surface area contributed by atoms with Crippen molar-refractivity contribution >= 4 is 6.03 Å². The lowest BCUT2D eigenvalue weighted by Crippen LogP contribution is -2.52. The first kappa shape index (κ1) is 11.7. The highest BCUT2D eigenvalue weighted by atomic mass is 16.2. The van der Waals surface area contributed by atoms with E-state index in [1.165, 1.54) is 0 Å². The van der Waals surface area contributed by atoms with Crippen LogP contribution in [0.25, 0.3) is 0 Å². The van der Waals surface area contributed by atoms with Gasteiger partial charge in [0, 0.05) is 38.8 Å². The topological polar surface area (TPSA) is 38.8 Å². The molecule has 2 fully saturated rings. The molecule has 92 valence electrons. The van der Waals surface area contributed by atoms with Gasteiger partial charge in [-0.25, -0.2) is 4.79 Å². The Bertz CT molecular complexity index is 250. The predicted molar refractivity (Wildman–Crippen MR) is 63.5 cm³/mol. The van der Waals surface area contributed by atoms with Gasteiger partial charge in [-0.05, 0) is 27.1 Å². The van der Waals surface area contributed by atoms with Gasteiger partial charge >= 0.3 is 6.03 Å². The Morgan fingerprint density at radius 1 is 1.06 bits per heavy atom. The maximum atomic E-state index is 11.9. The first-order chi connectivity index (χ1) is 7.65.